The van der Waals surface area contributed by atoms with Gasteiger partial charge in [0.1, 0.15) is 5.75 Å². The van der Waals surface area contributed by atoms with Crippen molar-refractivity contribution in [1.82, 2.24) is 0 Å². The fraction of sp³-hybridized carbons (Fsp3) is 0.500. The van der Waals surface area contributed by atoms with Crippen molar-refractivity contribution in [3.8, 4) is 5.75 Å². The van der Waals surface area contributed by atoms with E-state index >= 15 is 0 Å². The molecule has 1 aromatic carbocycles. The predicted octanol–water partition coefficient (Wildman–Crippen LogP) is 2.24. The van der Waals surface area contributed by atoms with Crippen molar-refractivity contribution >= 4 is 0 Å². The molecule has 14 heavy (non-hydrogen) atoms. The molecule has 2 heteroatoms. The molecule has 0 aliphatic carbocycles. The molecule has 0 fully saturated rings. The van der Waals surface area contributed by atoms with E-state index in [1.54, 1.807) is 0 Å². The lowest BCUT2D eigenvalue weighted by atomic mass is 9.89. The van der Waals surface area contributed by atoms with Crippen LogP contribution in [0.1, 0.15) is 29.9 Å². The molecule has 1 aliphatic rings. The maximum atomic E-state index is 8.97. The summed E-state index contributed by atoms with van der Waals surface area (Å²) in [7, 11) is 0. The van der Waals surface area contributed by atoms with Gasteiger partial charge in [0.2, 0.25) is 0 Å². The van der Waals surface area contributed by atoms with Crippen LogP contribution in [0.15, 0.2) is 18.2 Å². The van der Waals surface area contributed by atoms with E-state index in [-0.39, 0.29) is 6.61 Å². The Hall–Kier alpha value is -1.02. The van der Waals surface area contributed by atoms with Gasteiger partial charge in [-0.15, -0.1) is 0 Å². The van der Waals surface area contributed by atoms with E-state index in [1.165, 1.54) is 11.1 Å². The van der Waals surface area contributed by atoms with Crippen LogP contribution in [0.5, 0.6) is 5.75 Å². The summed E-state index contributed by atoms with van der Waals surface area (Å²) < 4.78 is 5.57. The standard InChI is InChI=1S/C12H16O2/c1-9-2-3-12-11(8-9)10(4-6-13)5-7-14-12/h2-3,8,10,13H,4-7H2,1H3. The Balaban J connectivity index is 2.32. The lowest BCUT2D eigenvalue weighted by molar-refractivity contribution is 0.230. The Kier molecular flexibility index (Phi) is 2.73. The Bertz CT molecular complexity index is 320. The highest BCUT2D eigenvalue weighted by Crippen LogP contribution is 2.35. The van der Waals surface area contributed by atoms with Crippen molar-refractivity contribution in [3.63, 3.8) is 0 Å². The molecule has 2 rings (SSSR count). The third-order valence-corrected chi connectivity index (χ3v) is 2.81. The summed E-state index contributed by atoms with van der Waals surface area (Å²) in [6, 6.07) is 6.28. The van der Waals surface area contributed by atoms with Crippen LogP contribution in [0, 0.1) is 6.92 Å². The Morgan fingerprint density at radius 2 is 2.36 bits per heavy atom. The number of aryl methyl sites for hydroxylation is 1. The zero-order chi connectivity index (χ0) is 9.97. The minimum Gasteiger partial charge on any atom is -0.493 e. The minimum absolute atomic E-state index is 0.262. The molecule has 1 atom stereocenters. The molecule has 0 spiro atoms. The SMILES string of the molecule is Cc1ccc2c(c1)C(CCO)CCO2. The van der Waals surface area contributed by atoms with Gasteiger partial charge in [0, 0.05) is 6.61 Å². The van der Waals surface area contributed by atoms with Crippen molar-refractivity contribution in [2.24, 2.45) is 0 Å². The summed E-state index contributed by atoms with van der Waals surface area (Å²) in [4.78, 5) is 0. The molecule has 1 aliphatic heterocycles. The lowest BCUT2D eigenvalue weighted by Crippen LogP contribution is -2.15. The zero-order valence-corrected chi connectivity index (χ0v) is 8.49. The van der Waals surface area contributed by atoms with E-state index in [4.69, 9.17) is 9.84 Å². The zero-order valence-electron chi connectivity index (χ0n) is 8.49. The lowest BCUT2D eigenvalue weighted by Gasteiger charge is -2.25. The molecule has 1 unspecified atom stereocenters. The molecule has 0 saturated carbocycles. The topological polar surface area (TPSA) is 29.5 Å². The second-order valence-electron chi connectivity index (χ2n) is 3.89. The molecule has 1 heterocycles. The fourth-order valence-corrected chi connectivity index (χ4v) is 2.04. The first-order valence-corrected chi connectivity index (χ1v) is 5.15. The summed E-state index contributed by atoms with van der Waals surface area (Å²) in [6.45, 7) is 3.13. The van der Waals surface area contributed by atoms with E-state index in [0.717, 1.165) is 25.2 Å². The number of benzene rings is 1. The van der Waals surface area contributed by atoms with Gasteiger partial charge < -0.3 is 9.84 Å². The van der Waals surface area contributed by atoms with Crippen molar-refractivity contribution < 1.29 is 9.84 Å². The first kappa shape index (κ1) is 9.53. The van der Waals surface area contributed by atoms with Crippen LogP contribution >= 0.6 is 0 Å². The molecule has 0 bridgehead atoms. The van der Waals surface area contributed by atoms with Crippen molar-refractivity contribution in [2.75, 3.05) is 13.2 Å². The van der Waals surface area contributed by atoms with E-state index in [1.807, 2.05) is 6.07 Å². The van der Waals surface area contributed by atoms with Crippen LogP contribution in [0.2, 0.25) is 0 Å². The van der Waals surface area contributed by atoms with Gasteiger partial charge in [-0.25, -0.2) is 0 Å². The molecule has 1 N–H and O–H groups in total. The first-order chi connectivity index (χ1) is 6.81. The minimum atomic E-state index is 0.262. The maximum Gasteiger partial charge on any atom is 0.122 e. The number of hydrogen-bond donors (Lipinski definition) is 1. The van der Waals surface area contributed by atoms with Gasteiger partial charge in [-0.3, -0.25) is 0 Å². The van der Waals surface area contributed by atoms with E-state index < -0.39 is 0 Å². The molecular formula is C12H16O2. The van der Waals surface area contributed by atoms with Crippen LogP contribution in [0.3, 0.4) is 0 Å². The van der Waals surface area contributed by atoms with Gasteiger partial charge in [-0.05, 0) is 37.3 Å². The molecule has 2 nitrogen and oxygen atoms in total. The predicted molar refractivity (Wildman–Crippen MR) is 55.7 cm³/mol. The summed E-state index contributed by atoms with van der Waals surface area (Å²) in [6.07, 6.45) is 1.87. The number of fused-ring (bicyclic) bond motifs is 1. The third-order valence-electron chi connectivity index (χ3n) is 2.81. The molecule has 0 aromatic heterocycles. The van der Waals surface area contributed by atoms with Crippen molar-refractivity contribution in [1.29, 1.82) is 0 Å². The third kappa shape index (κ3) is 1.75. The highest BCUT2D eigenvalue weighted by molar-refractivity contribution is 5.40. The summed E-state index contributed by atoms with van der Waals surface area (Å²) in [5.74, 6) is 1.48. The Morgan fingerprint density at radius 3 is 3.14 bits per heavy atom. The summed E-state index contributed by atoms with van der Waals surface area (Å²) in [5.41, 5.74) is 2.53. The van der Waals surface area contributed by atoms with Gasteiger partial charge in [-0.2, -0.15) is 0 Å². The van der Waals surface area contributed by atoms with Crippen LogP contribution in [-0.2, 0) is 0 Å². The van der Waals surface area contributed by atoms with Gasteiger partial charge in [0.25, 0.3) is 0 Å². The second-order valence-corrected chi connectivity index (χ2v) is 3.89. The average Bonchev–Trinajstić information content (AvgIpc) is 2.19. The highest BCUT2D eigenvalue weighted by Gasteiger charge is 2.20. The number of aliphatic hydroxyl groups excluding tert-OH is 1. The van der Waals surface area contributed by atoms with Gasteiger partial charge in [0.05, 0.1) is 6.61 Å². The van der Waals surface area contributed by atoms with Gasteiger partial charge in [0.15, 0.2) is 0 Å². The second kappa shape index (κ2) is 4.01. The molecule has 76 valence electrons. The molecule has 1 aromatic rings. The van der Waals surface area contributed by atoms with E-state index in [9.17, 15) is 0 Å². The number of aliphatic hydroxyl groups is 1. The van der Waals surface area contributed by atoms with Crippen LogP contribution in [-0.4, -0.2) is 18.3 Å². The van der Waals surface area contributed by atoms with Crippen molar-refractivity contribution in [2.45, 2.75) is 25.7 Å². The van der Waals surface area contributed by atoms with E-state index in [0.29, 0.717) is 5.92 Å². The quantitative estimate of drug-likeness (QED) is 0.778. The van der Waals surface area contributed by atoms with Crippen LogP contribution in [0.25, 0.3) is 0 Å². The smallest absolute Gasteiger partial charge is 0.122 e. The number of ether oxygens (including phenoxy) is 1. The van der Waals surface area contributed by atoms with Crippen molar-refractivity contribution in [3.05, 3.63) is 29.3 Å². The molecule has 0 saturated heterocycles. The van der Waals surface area contributed by atoms with Gasteiger partial charge in [-0.1, -0.05) is 17.7 Å². The van der Waals surface area contributed by atoms with Crippen LogP contribution < -0.4 is 4.74 Å². The number of hydrogen-bond acceptors (Lipinski definition) is 2. The average molecular weight is 192 g/mol. The maximum absolute atomic E-state index is 8.97. The molecular weight excluding hydrogens is 176 g/mol. The van der Waals surface area contributed by atoms with Crippen LogP contribution in [0.4, 0.5) is 0 Å². The van der Waals surface area contributed by atoms with E-state index in [2.05, 4.69) is 19.1 Å². The molecule has 0 radical (unpaired) electrons. The summed E-state index contributed by atoms with van der Waals surface area (Å²) >= 11 is 0. The Labute approximate surface area is 84.5 Å². The summed E-state index contributed by atoms with van der Waals surface area (Å²) in [5, 5.41) is 8.97. The number of rotatable bonds is 2. The largest absolute Gasteiger partial charge is 0.493 e. The fourth-order valence-electron chi connectivity index (χ4n) is 2.04. The highest BCUT2D eigenvalue weighted by atomic mass is 16.5. The normalized spacial score (nSPS) is 20.0. The molecule has 0 amide bonds. The monoisotopic (exact) mass is 192 g/mol. The van der Waals surface area contributed by atoms with Gasteiger partial charge >= 0.3 is 0 Å². The Morgan fingerprint density at radius 1 is 1.50 bits per heavy atom. The first-order valence-electron chi connectivity index (χ1n) is 5.15.